The zero-order valence-corrected chi connectivity index (χ0v) is 32.5. The van der Waals surface area contributed by atoms with Gasteiger partial charge >= 0.3 is 0 Å². The Morgan fingerprint density at radius 2 is 0.881 bits per heavy atom. The molecule has 2 nitrogen and oxygen atoms in total. The number of fused-ring (bicyclic) bond motifs is 16. The minimum absolute atomic E-state index is 0.315. The van der Waals surface area contributed by atoms with Gasteiger partial charge in [-0.2, -0.15) is 0 Å². The van der Waals surface area contributed by atoms with Gasteiger partial charge in [0.1, 0.15) is 11.2 Å². The van der Waals surface area contributed by atoms with E-state index >= 15 is 0 Å². The third kappa shape index (κ3) is 4.10. The van der Waals surface area contributed by atoms with Crippen LogP contribution in [0.3, 0.4) is 0 Å². The van der Waals surface area contributed by atoms with E-state index in [1.54, 1.807) is 0 Å². The van der Waals surface area contributed by atoms with Crippen LogP contribution in [0, 0.1) is 0 Å². The third-order valence-corrected chi connectivity index (χ3v) is 13.8. The molecule has 13 rings (SSSR count). The number of benzene rings is 9. The Bertz CT molecular complexity index is 3280. The second-order valence-corrected chi connectivity index (χ2v) is 16.4. The summed E-state index contributed by atoms with van der Waals surface area (Å²) in [5, 5.41) is 2.21. The second kappa shape index (κ2) is 11.8. The SMILES string of the molecule is CC1(c2ccc3c(c2)oc2cccc(N(c4ccccc4)c4cccc5c4-c4ccccc4C54c5ccccc5-c5ccccc54)c23)c2ccccc2-c2ccccc21. The van der Waals surface area contributed by atoms with Gasteiger partial charge in [-0.25, -0.2) is 0 Å². The average Bonchev–Trinajstić information content (AvgIpc) is 4.00. The molecule has 1 heterocycles. The lowest BCUT2D eigenvalue weighted by molar-refractivity contribution is 0.662. The van der Waals surface area contributed by atoms with Gasteiger partial charge in [0.05, 0.1) is 22.2 Å². The number of hydrogen-bond acceptors (Lipinski definition) is 2. The van der Waals surface area contributed by atoms with Crippen LogP contribution in [-0.2, 0) is 10.8 Å². The maximum Gasteiger partial charge on any atom is 0.137 e. The maximum absolute atomic E-state index is 6.91. The van der Waals surface area contributed by atoms with Crippen molar-refractivity contribution in [3.05, 3.63) is 245 Å². The summed E-state index contributed by atoms with van der Waals surface area (Å²) in [7, 11) is 0. The van der Waals surface area contributed by atoms with Crippen LogP contribution >= 0.6 is 0 Å². The van der Waals surface area contributed by atoms with Gasteiger partial charge in [-0.05, 0) is 110 Å². The van der Waals surface area contributed by atoms with Crippen LogP contribution in [0.15, 0.2) is 211 Å². The molecule has 0 saturated heterocycles. The molecule has 3 aliphatic rings. The van der Waals surface area contributed by atoms with Crippen LogP contribution < -0.4 is 4.90 Å². The van der Waals surface area contributed by atoms with Crippen molar-refractivity contribution in [2.45, 2.75) is 17.8 Å². The van der Waals surface area contributed by atoms with Crippen LogP contribution in [0.5, 0.6) is 0 Å². The first-order valence-electron chi connectivity index (χ1n) is 20.6. The molecule has 0 atom stereocenters. The second-order valence-electron chi connectivity index (χ2n) is 16.4. The number of rotatable bonds is 4. The molecule has 0 bridgehead atoms. The summed E-state index contributed by atoms with van der Waals surface area (Å²) < 4.78 is 6.91. The Morgan fingerprint density at radius 3 is 1.53 bits per heavy atom. The van der Waals surface area contributed by atoms with Crippen LogP contribution in [0.1, 0.15) is 45.9 Å². The predicted molar refractivity (Wildman–Crippen MR) is 242 cm³/mol. The summed E-state index contributed by atoms with van der Waals surface area (Å²) >= 11 is 0. The summed E-state index contributed by atoms with van der Waals surface area (Å²) in [6.07, 6.45) is 0. The van der Waals surface area contributed by atoms with E-state index in [4.69, 9.17) is 4.42 Å². The first-order valence-corrected chi connectivity index (χ1v) is 20.6. The monoisotopic (exact) mass is 751 g/mol. The summed E-state index contributed by atoms with van der Waals surface area (Å²) in [6.45, 7) is 2.37. The highest BCUT2D eigenvalue weighted by Gasteiger charge is 2.52. The van der Waals surface area contributed by atoms with Crippen molar-refractivity contribution in [2.75, 3.05) is 4.90 Å². The van der Waals surface area contributed by atoms with Crippen LogP contribution in [0.2, 0.25) is 0 Å². The fourth-order valence-corrected chi connectivity index (χ4v) is 11.4. The summed E-state index contributed by atoms with van der Waals surface area (Å²) in [5.41, 5.74) is 21.3. The van der Waals surface area contributed by atoms with E-state index in [0.29, 0.717) is 0 Å². The molecular weight excluding hydrogens is 715 g/mol. The van der Waals surface area contributed by atoms with E-state index in [0.717, 1.165) is 39.0 Å². The molecule has 0 amide bonds. The standard InChI is InChI=1S/C57H37NO/c1-56(44-24-10-5-19-38(44)39-20-6-11-25-45(39)56)36-33-34-43-53(35-36)59-52-32-16-31-51(55(43)52)58(37-17-3-2-4-18-37)50-30-15-29-49-54(50)42-23-9-14-28-48(42)57(49)46-26-12-7-21-40(46)41-22-8-13-27-47(41)57/h2-35H,1H3. The van der Waals surface area contributed by atoms with Gasteiger partial charge in [-0.1, -0.05) is 170 Å². The molecule has 10 aromatic rings. The fraction of sp³-hybridized carbons (Fsp3) is 0.0526. The molecule has 0 saturated carbocycles. The van der Waals surface area contributed by atoms with E-state index in [-0.39, 0.29) is 5.41 Å². The summed E-state index contributed by atoms with van der Waals surface area (Å²) in [4.78, 5) is 2.47. The molecule has 276 valence electrons. The van der Waals surface area contributed by atoms with Gasteiger partial charge in [0, 0.05) is 22.1 Å². The highest BCUT2D eigenvalue weighted by molar-refractivity contribution is 6.14. The van der Waals surface area contributed by atoms with Crippen molar-refractivity contribution >= 4 is 39.0 Å². The van der Waals surface area contributed by atoms with Crippen LogP contribution in [-0.4, -0.2) is 0 Å². The Hall–Kier alpha value is -7.42. The molecule has 1 aromatic heterocycles. The predicted octanol–water partition coefficient (Wildman–Crippen LogP) is 14.7. The first kappa shape index (κ1) is 32.6. The quantitative estimate of drug-likeness (QED) is 0.178. The Kier molecular flexibility index (Phi) is 6.54. The lowest BCUT2D eigenvalue weighted by Gasteiger charge is -2.32. The van der Waals surface area contributed by atoms with Crippen molar-refractivity contribution in [2.24, 2.45) is 0 Å². The van der Waals surface area contributed by atoms with Gasteiger partial charge in [0.15, 0.2) is 0 Å². The minimum Gasteiger partial charge on any atom is -0.456 e. The number of hydrogen-bond donors (Lipinski definition) is 0. The lowest BCUT2D eigenvalue weighted by Crippen LogP contribution is -2.26. The number of nitrogens with zero attached hydrogens (tertiary/aromatic N) is 1. The molecule has 9 aromatic carbocycles. The Morgan fingerprint density at radius 1 is 0.390 bits per heavy atom. The number of anilines is 3. The zero-order chi connectivity index (χ0) is 38.9. The maximum atomic E-state index is 6.91. The van der Waals surface area contributed by atoms with E-state index in [2.05, 4.69) is 218 Å². The summed E-state index contributed by atoms with van der Waals surface area (Å²) in [5.74, 6) is 0. The van der Waals surface area contributed by atoms with Crippen molar-refractivity contribution < 1.29 is 4.42 Å². The van der Waals surface area contributed by atoms with E-state index in [1.165, 1.54) is 72.3 Å². The number of para-hydroxylation sites is 1. The van der Waals surface area contributed by atoms with Crippen molar-refractivity contribution in [1.82, 2.24) is 0 Å². The largest absolute Gasteiger partial charge is 0.456 e. The third-order valence-electron chi connectivity index (χ3n) is 13.8. The van der Waals surface area contributed by atoms with Crippen molar-refractivity contribution in [3.8, 4) is 33.4 Å². The molecule has 3 aliphatic carbocycles. The molecule has 1 spiro atoms. The Labute approximate surface area is 343 Å². The lowest BCUT2D eigenvalue weighted by atomic mass is 9.70. The topological polar surface area (TPSA) is 16.4 Å². The fourth-order valence-electron chi connectivity index (χ4n) is 11.4. The number of furan rings is 1. The van der Waals surface area contributed by atoms with Gasteiger partial charge < -0.3 is 9.32 Å². The van der Waals surface area contributed by atoms with E-state index in [1.807, 2.05) is 0 Å². The van der Waals surface area contributed by atoms with Gasteiger partial charge in [0.25, 0.3) is 0 Å². The molecule has 0 fully saturated rings. The van der Waals surface area contributed by atoms with Crippen LogP contribution in [0.4, 0.5) is 17.1 Å². The highest BCUT2D eigenvalue weighted by atomic mass is 16.3. The molecule has 0 N–H and O–H groups in total. The molecule has 0 unspecified atom stereocenters. The smallest absolute Gasteiger partial charge is 0.137 e. The van der Waals surface area contributed by atoms with Gasteiger partial charge in [-0.15, -0.1) is 0 Å². The molecular formula is C57H37NO. The average molecular weight is 752 g/mol. The van der Waals surface area contributed by atoms with E-state index in [9.17, 15) is 0 Å². The van der Waals surface area contributed by atoms with Gasteiger partial charge in [-0.3, -0.25) is 0 Å². The van der Waals surface area contributed by atoms with Gasteiger partial charge in [0.2, 0.25) is 0 Å². The molecule has 0 aliphatic heterocycles. The minimum atomic E-state index is -0.435. The molecule has 2 heteroatoms. The van der Waals surface area contributed by atoms with E-state index < -0.39 is 5.41 Å². The molecule has 0 radical (unpaired) electrons. The first-order chi connectivity index (χ1) is 29.2. The highest BCUT2D eigenvalue weighted by Crippen LogP contribution is 2.65. The Balaban J connectivity index is 1.06. The van der Waals surface area contributed by atoms with Crippen LogP contribution in [0.25, 0.3) is 55.3 Å². The summed E-state index contributed by atoms with van der Waals surface area (Å²) in [6, 6.07) is 76.1. The molecule has 59 heavy (non-hydrogen) atoms. The van der Waals surface area contributed by atoms with Crippen molar-refractivity contribution in [3.63, 3.8) is 0 Å². The normalized spacial score (nSPS) is 14.5. The zero-order valence-electron chi connectivity index (χ0n) is 32.5. The van der Waals surface area contributed by atoms with Crippen molar-refractivity contribution in [1.29, 1.82) is 0 Å².